The van der Waals surface area contributed by atoms with Crippen molar-refractivity contribution >= 4 is 5.91 Å². The van der Waals surface area contributed by atoms with Crippen LogP contribution in [0.15, 0.2) is 6.20 Å². The highest BCUT2D eigenvalue weighted by molar-refractivity contribution is 5.77. The van der Waals surface area contributed by atoms with Gasteiger partial charge in [-0.25, -0.2) is 9.97 Å². The van der Waals surface area contributed by atoms with E-state index in [1.165, 1.54) is 12.0 Å². The number of hydrogen-bond donors (Lipinski definition) is 1. The van der Waals surface area contributed by atoms with Crippen LogP contribution in [0.4, 0.5) is 0 Å². The first-order valence-electron chi connectivity index (χ1n) is 8.11. The lowest BCUT2D eigenvalue weighted by atomic mass is 10.1. The molecule has 1 aromatic rings. The van der Waals surface area contributed by atoms with Crippen LogP contribution in [-0.2, 0) is 33.7 Å². The zero-order valence-corrected chi connectivity index (χ0v) is 12.8. The summed E-state index contributed by atoms with van der Waals surface area (Å²) in [5.41, 5.74) is 2.37. The minimum Gasteiger partial charge on any atom is -0.376 e. The Morgan fingerprint density at radius 2 is 2.32 bits per heavy atom. The largest absolute Gasteiger partial charge is 0.376 e. The van der Waals surface area contributed by atoms with E-state index in [-0.39, 0.29) is 18.6 Å². The van der Waals surface area contributed by atoms with E-state index >= 15 is 0 Å². The first-order chi connectivity index (χ1) is 10.8. The third-order valence-electron chi connectivity index (χ3n) is 4.12. The Morgan fingerprint density at radius 3 is 3.18 bits per heavy atom. The van der Waals surface area contributed by atoms with E-state index in [1.807, 2.05) is 6.20 Å². The summed E-state index contributed by atoms with van der Waals surface area (Å²) >= 11 is 0. The summed E-state index contributed by atoms with van der Waals surface area (Å²) < 4.78 is 11.0. The van der Waals surface area contributed by atoms with Gasteiger partial charge in [-0.15, -0.1) is 0 Å². The fraction of sp³-hybridized carbons (Fsp3) is 0.688. The lowest BCUT2D eigenvalue weighted by molar-refractivity contribution is -0.128. The number of aryl methyl sites for hydroxylation is 2. The second-order valence-electron chi connectivity index (χ2n) is 5.89. The van der Waals surface area contributed by atoms with Crippen LogP contribution in [0.1, 0.15) is 42.8 Å². The molecule has 1 aliphatic carbocycles. The lowest BCUT2D eigenvalue weighted by Crippen LogP contribution is -2.31. The van der Waals surface area contributed by atoms with Crippen molar-refractivity contribution in [2.24, 2.45) is 0 Å². The Balaban J connectivity index is 1.35. The molecule has 1 saturated heterocycles. The van der Waals surface area contributed by atoms with E-state index in [0.717, 1.165) is 44.4 Å². The number of amides is 1. The van der Waals surface area contributed by atoms with Gasteiger partial charge in [-0.05, 0) is 44.1 Å². The summed E-state index contributed by atoms with van der Waals surface area (Å²) in [6.45, 7) is 1.71. The van der Waals surface area contributed by atoms with Gasteiger partial charge in [-0.2, -0.15) is 0 Å². The van der Waals surface area contributed by atoms with Crippen molar-refractivity contribution in [2.75, 3.05) is 19.8 Å². The highest BCUT2D eigenvalue weighted by Crippen LogP contribution is 2.18. The first kappa shape index (κ1) is 15.4. The number of carbonyl (C=O) groups excluding carboxylic acids is 1. The van der Waals surface area contributed by atoms with Gasteiger partial charge >= 0.3 is 0 Å². The van der Waals surface area contributed by atoms with Crippen molar-refractivity contribution in [3.8, 4) is 0 Å². The Morgan fingerprint density at radius 1 is 1.36 bits per heavy atom. The Labute approximate surface area is 130 Å². The molecule has 0 saturated carbocycles. The number of carbonyl (C=O) groups is 1. The monoisotopic (exact) mass is 305 g/mol. The van der Waals surface area contributed by atoms with Crippen molar-refractivity contribution in [2.45, 2.75) is 51.2 Å². The third-order valence-corrected chi connectivity index (χ3v) is 4.12. The molecule has 0 aromatic carbocycles. The Hall–Kier alpha value is -1.53. The molecule has 1 N–H and O–H groups in total. The van der Waals surface area contributed by atoms with Crippen LogP contribution in [0.5, 0.6) is 0 Å². The zero-order chi connectivity index (χ0) is 15.2. The summed E-state index contributed by atoms with van der Waals surface area (Å²) in [6, 6.07) is 0. The van der Waals surface area contributed by atoms with Gasteiger partial charge in [0.25, 0.3) is 0 Å². The standard InChI is InChI=1S/C16H23N3O3/c20-16(11-21-10-13-5-1-2-7-22-13)18-9-15-17-8-12-4-3-6-14(12)19-15/h8,13H,1-7,9-11H2,(H,18,20)/t13-/m0/s1. The number of aromatic nitrogens is 2. The number of fused-ring (bicyclic) bond motifs is 1. The summed E-state index contributed by atoms with van der Waals surface area (Å²) in [5.74, 6) is 0.532. The highest BCUT2D eigenvalue weighted by Gasteiger charge is 2.15. The fourth-order valence-electron chi connectivity index (χ4n) is 2.89. The molecule has 1 aliphatic heterocycles. The maximum Gasteiger partial charge on any atom is 0.246 e. The number of ether oxygens (including phenoxy) is 2. The van der Waals surface area contributed by atoms with E-state index in [9.17, 15) is 4.79 Å². The molecule has 3 rings (SSSR count). The van der Waals surface area contributed by atoms with E-state index in [4.69, 9.17) is 9.47 Å². The van der Waals surface area contributed by atoms with Crippen molar-refractivity contribution in [3.05, 3.63) is 23.3 Å². The van der Waals surface area contributed by atoms with Gasteiger partial charge in [-0.1, -0.05) is 0 Å². The lowest BCUT2D eigenvalue weighted by Gasteiger charge is -2.22. The molecule has 1 amide bonds. The van der Waals surface area contributed by atoms with Gasteiger partial charge in [0.15, 0.2) is 0 Å². The Kier molecular flexibility index (Phi) is 5.34. The molecule has 0 unspecified atom stereocenters. The molecule has 6 heteroatoms. The molecule has 22 heavy (non-hydrogen) atoms. The van der Waals surface area contributed by atoms with E-state index < -0.39 is 0 Å². The van der Waals surface area contributed by atoms with Crippen molar-refractivity contribution in [1.82, 2.24) is 15.3 Å². The van der Waals surface area contributed by atoms with E-state index in [2.05, 4.69) is 15.3 Å². The number of hydrogen-bond acceptors (Lipinski definition) is 5. The maximum atomic E-state index is 11.8. The Bertz CT molecular complexity index is 515. The number of nitrogens with one attached hydrogen (secondary N) is 1. The predicted octanol–water partition coefficient (Wildman–Crippen LogP) is 1.17. The van der Waals surface area contributed by atoms with Gasteiger partial charge in [0.1, 0.15) is 12.4 Å². The maximum absolute atomic E-state index is 11.8. The average Bonchev–Trinajstić information content (AvgIpc) is 3.01. The molecule has 1 fully saturated rings. The summed E-state index contributed by atoms with van der Waals surface area (Å²) in [5, 5.41) is 2.80. The highest BCUT2D eigenvalue weighted by atomic mass is 16.5. The minimum atomic E-state index is -0.139. The molecule has 2 aliphatic rings. The van der Waals surface area contributed by atoms with Crippen LogP contribution in [0, 0.1) is 0 Å². The molecule has 120 valence electrons. The quantitative estimate of drug-likeness (QED) is 0.854. The summed E-state index contributed by atoms with van der Waals surface area (Å²) in [6.07, 6.45) is 8.58. The molecule has 6 nitrogen and oxygen atoms in total. The summed E-state index contributed by atoms with van der Waals surface area (Å²) in [4.78, 5) is 20.5. The van der Waals surface area contributed by atoms with E-state index in [0.29, 0.717) is 19.0 Å². The van der Waals surface area contributed by atoms with Gasteiger partial charge in [0.2, 0.25) is 5.91 Å². The molecule has 2 heterocycles. The smallest absolute Gasteiger partial charge is 0.246 e. The van der Waals surface area contributed by atoms with Gasteiger partial charge in [-0.3, -0.25) is 4.79 Å². The second-order valence-corrected chi connectivity index (χ2v) is 5.89. The van der Waals surface area contributed by atoms with Crippen LogP contribution < -0.4 is 5.32 Å². The van der Waals surface area contributed by atoms with Crippen LogP contribution >= 0.6 is 0 Å². The third kappa shape index (κ3) is 4.24. The SMILES string of the molecule is O=C(COC[C@@H]1CCCCO1)NCc1ncc2c(n1)CCC2. The van der Waals surface area contributed by atoms with Crippen molar-refractivity contribution < 1.29 is 14.3 Å². The molecule has 0 radical (unpaired) electrons. The topological polar surface area (TPSA) is 73.3 Å². The normalized spacial score (nSPS) is 20.6. The van der Waals surface area contributed by atoms with Gasteiger partial charge in [0, 0.05) is 18.5 Å². The molecule has 0 spiro atoms. The first-order valence-corrected chi connectivity index (χ1v) is 8.11. The molecule has 0 bridgehead atoms. The molecular formula is C16H23N3O3. The molecule has 1 aromatic heterocycles. The second kappa shape index (κ2) is 7.65. The fourth-order valence-corrected chi connectivity index (χ4v) is 2.89. The zero-order valence-electron chi connectivity index (χ0n) is 12.8. The van der Waals surface area contributed by atoms with Crippen LogP contribution in [0.25, 0.3) is 0 Å². The van der Waals surface area contributed by atoms with Crippen molar-refractivity contribution in [1.29, 1.82) is 0 Å². The number of nitrogens with zero attached hydrogens (tertiary/aromatic N) is 2. The van der Waals surface area contributed by atoms with Crippen LogP contribution in [0.3, 0.4) is 0 Å². The van der Waals surface area contributed by atoms with Crippen LogP contribution in [-0.4, -0.2) is 41.8 Å². The summed E-state index contributed by atoms with van der Waals surface area (Å²) in [7, 11) is 0. The van der Waals surface area contributed by atoms with E-state index in [1.54, 1.807) is 0 Å². The predicted molar refractivity (Wildman–Crippen MR) is 80.3 cm³/mol. The van der Waals surface area contributed by atoms with Crippen molar-refractivity contribution in [3.63, 3.8) is 0 Å². The average molecular weight is 305 g/mol. The van der Waals surface area contributed by atoms with Crippen LogP contribution in [0.2, 0.25) is 0 Å². The molecule has 1 atom stereocenters. The van der Waals surface area contributed by atoms with Gasteiger partial charge < -0.3 is 14.8 Å². The number of rotatable bonds is 6. The minimum absolute atomic E-state index is 0.0603. The molecular weight excluding hydrogens is 282 g/mol. The van der Waals surface area contributed by atoms with Gasteiger partial charge in [0.05, 0.1) is 19.3 Å².